The number of benzene rings is 3. The first-order valence-electron chi connectivity index (χ1n) is 12.3. The number of carboxylic acid groups (broad SMARTS) is 1. The third-order valence-corrected chi connectivity index (χ3v) is 6.98. The van der Waals surface area contributed by atoms with E-state index in [2.05, 4.69) is 34.5 Å². The number of nitrogens with one attached hydrogen (secondary N) is 1. The molecular weight excluding hydrogens is 450 g/mol. The van der Waals surface area contributed by atoms with E-state index >= 15 is 0 Å². The molecule has 4 aromatic rings. The molecule has 2 heterocycles. The highest BCUT2D eigenvalue weighted by molar-refractivity contribution is 6.08. The number of aromatic carboxylic acids is 1. The molecule has 1 saturated heterocycles. The fraction of sp³-hybridized carbons (Fsp3) is 0.233. The number of carbonyl (C=O) groups excluding carboxylic acids is 1. The number of rotatable bonds is 6. The molecule has 5 rings (SSSR count). The van der Waals surface area contributed by atoms with Gasteiger partial charge in [-0.2, -0.15) is 0 Å². The van der Waals surface area contributed by atoms with Crippen molar-refractivity contribution < 1.29 is 14.7 Å². The number of hydrogen-bond acceptors (Lipinski definition) is 4. The number of aryl methyl sites for hydroxylation is 1. The van der Waals surface area contributed by atoms with Crippen molar-refractivity contribution in [2.24, 2.45) is 5.92 Å². The van der Waals surface area contributed by atoms with Gasteiger partial charge in [0.25, 0.3) is 5.91 Å². The topological polar surface area (TPSA) is 82.5 Å². The maximum absolute atomic E-state index is 12.7. The standard InChI is InChI=1S/C30H29N3O3/c1-20-7-5-6-10-24(20)29(34)31-23-11-12-27-25(18-23)26(30(35)36)19-28(32-27)33-15-13-22(14-16-33)17-21-8-3-2-4-9-21/h2-12,18-19,22H,13-17H2,1H3,(H,31,34)(H,35,36). The molecule has 0 unspecified atom stereocenters. The van der Waals surface area contributed by atoms with Crippen LogP contribution >= 0.6 is 0 Å². The van der Waals surface area contributed by atoms with Crippen molar-refractivity contribution in [1.82, 2.24) is 4.98 Å². The number of amides is 1. The van der Waals surface area contributed by atoms with Gasteiger partial charge in [-0.05, 0) is 73.6 Å². The van der Waals surface area contributed by atoms with E-state index in [1.54, 1.807) is 30.3 Å². The smallest absolute Gasteiger partial charge is 0.336 e. The van der Waals surface area contributed by atoms with E-state index in [1.807, 2.05) is 31.2 Å². The van der Waals surface area contributed by atoms with Gasteiger partial charge in [-0.15, -0.1) is 0 Å². The highest BCUT2D eigenvalue weighted by Gasteiger charge is 2.23. The molecule has 1 aliphatic heterocycles. The van der Waals surface area contributed by atoms with Gasteiger partial charge in [0.05, 0.1) is 11.1 Å². The maximum Gasteiger partial charge on any atom is 0.336 e. The zero-order chi connectivity index (χ0) is 25.1. The van der Waals surface area contributed by atoms with E-state index < -0.39 is 5.97 Å². The predicted octanol–water partition coefficient (Wildman–Crippen LogP) is 5.95. The van der Waals surface area contributed by atoms with Crippen LogP contribution in [-0.2, 0) is 6.42 Å². The third-order valence-electron chi connectivity index (χ3n) is 6.98. The summed E-state index contributed by atoms with van der Waals surface area (Å²) in [6.07, 6.45) is 3.15. The molecule has 6 nitrogen and oxygen atoms in total. The summed E-state index contributed by atoms with van der Waals surface area (Å²) in [5, 5.41) is 13.4. The zero-order valence-corrected chi connectivity index (χ0v) is 20.3. The molecule has 3 aromatic carbocycles. The van der Waals surface area contributed by atoms with Crippen molar-refractivity contribution >= 4 is 34.3 Å². The first-order valence-corrected chi connectivity index (χ1v) is 12.3. The molecule has 0 atom stereocenters. The van der Waals surface area contributed by atoms with Gasteiger partial charge in [0, 0.05) is 29.7 Å². The Morgan fingerprint density at radius 1 is 0.944 bits per heavy atom. The Morgan fingerprint density at radius 3 is 2.39 bits per heavy atom. The lowest BCUT2D eigenvalue weighted by Crippen LogP contribution is -2.35. The fourth-order valence-corrected chi connectivity index (χ4v) is 4.97. The lowest BCUT2D eigenvalue weighted by Gasteiger charge is -2.33. The monoisotopic (exact) mass is 479 g/mol. The fourth-order valence-electron chi connectivity index (χ4n) is 4.97. The Balaban J connectivity index is 1.35. The minimum atomic E-state index is -1.01. The number of carbonyl (C=O) groups is 2. The molecule has 0 spiro atoms. The molecule has 0 saturated carbocycles. The van der Waals surface area contributed by atoms with Gasteiger partial charge in [-0.3, -0.25) is 4.79 Å². The second kappa shape index (κ2) is 10.2. The number of piperidine rings is 1. The molecule has 6 heteroatoms. The Hall–Kier alpha value is -4.19. The summed E-state index contributed by atoms with van der Waals surface area (Å²) in [5.74, 6) is 0.0644. The number of fused-ring (bicyclic) bond motifs is 1. The summed E-state index contributed by atoms with van der Waals surface area (Å²) in [4.78, 5) is 31.9. The Kier molecular flexibility index (Phi) is 6.67. The first-order chi connectivity index (χ1) is 17.5. The van der Waals surface area contributed by atoms with Crippen LogP contribution in [-0.4, -0.2) is 35.1 Å². The van der Waals surface area contributed by atoms with Crippen LogP contribution in [0.3, 0.4) is 0 Å². The molecule has 1 fully saturated rings. The second-order valence-electron chi connectivity index (χ2n) is 9.45. The minimum absolute atomic E-state index is 0.188. The molecule has 0 aliphatic carbocycles. The number of aromatic nitrogens is 1. The zero-order valence-electron chi connectivity index (χ0n) is 20.3. The molecule has 1 aliphatic rings. The Labute approximate surface area is 210 Å². The lowest BCUT2D eigenvalue weighted by molar-refractivity contribution is 0.0698. The second-order valence-corrected chi connectivity index (χ2v) is 9.45. The highest BCUT2D eigenvalue weighted by Crippen LogP contribution is 2.30. The quantitative estimate of drug-likeness (QED) is 0.357. The number of hydrogen-bond donors (Lipinski definition) is 2. The van der Waals surface area contributed by atoms with Crippen molar-refractivity contribution in [3.63, 3.8) is 0 Å². The molecule has 1 amide bonds. The molecule has 0 bridgehead atoms. The molecular formula is C30H29N3O3. The summed E-state index contributed by atoms with van der Waals surface area (Å²) in [6.45, 7) is 3.58. The number of carboxylic acids is 1. The van der Waals surface area contributed by atoms with Gasteiger partial charge >= 0.3 is 5.97 Å². The summed E-state index contributed by atoms with van der Waals surface area (Å²) < 4.78 is 0. The minimum Gasteiger partial charge on any atom is -0.478 e. The van der Waals surface area contributed by atoms with Crippen molar-refractivity contribution in [2.75, 3.05) is 23.3 Å². The van der Waals surface area contributed by atoms with Crippen molar-refractivity contribution in [3.05, 3.63) is 101 Å². The summed E-state index contributed by atoms with van der Waals surface area (Å²) in [6, 6.07) is 24.8. The van der Waals surface area contributed by atoms with Crippen LogP contribution in [0.15, 0.2) is 78.9 Å². The van der Waals surface area contributed by atoms with Crippen LogP contribution in [0.25, 0.3) is 10.9 Å². The van der Waals surface area contributed by atoms with Crippen LogP contribution < -0.4 is 10.2 Å². The van der Waals surface area contributed by atoms with E-state index in [9.17, 15) is 14.7 Å². The highest BCUT2D eigenvalue weighted by atomic mass is 16.4. The van der Waals surface area contributed by atoms with Crippen molar-refractivity contribution in [3.8, 4) is 0 Å². The van der Waals surface area contributed by atoms with E-state index in [-0.39, 0.29) is 11.5 Å². The summed E-state index contributed by atoms with van der Waals surface area (Å²) in [7, 11) is 0. The summed E-state index contributed by atoms with van der Waals surface area (Å²) in [5.41, 5.74) is 4.15. The number of nitrogens with zero attached hydrogens (tertiary/aromatic N) is 2. The van der Waals surface area contributed by atoms with Gasteiger partial charge in [0.2, 0.25) is 0 Å². The van der Waals surface area contributed by atoms with E-state index in [1.165, 1.54) is 5.56 Å². The van der Waals surface area contributed by atoms with Crippen LogP contribution in [0.5, 0.6) is 0 Å². The Morgan fingerprint density at radius 2 is 1.67 bits per heavy atom. The molecule has 0 radical (unpaired) electrons. The normalized spacial score (nSPS) is 14.1. The SMILES string of the molecule is Cc1ccccc1C(=O)Nc1ccc2nc(N3CCC(Cc4ccccc4)CC3)cc(C(=O)O)c2c1. The van der Waals surface area contributed by atoms with Crippen molar-refractivity contribution in [1.29, 1.82) is 0 Å². The van der Waals surface area contributed by atoms with E-state index in [4.69, 9.17) is 4.98 Å². The summed E-state index contributed by atoms with van der Waals surface area (Å²) >= 11 is 0. The third kappa shape index (κ3) is 5.08. The van der Waals surface area contributed by atoms with E-state index in [0.29, 0.717) is 33.9 Å². The van der Waals surface area contributed by atoms with Crippen molar-refractivity contribution in [2.45, 2.75) is 26.2 Å². The average molecular weight is 480 g/mol. The van der Waals surface area contributed by atoms with E-state index in [0.717, 1.165) is 37.9 Å². The van der Waals surface area contributed by atoms with Gasteiger partial charge in [0.15, 0.2) is 0 Å². The average Bonchev–Trinajstić information content (AvgIpc) is 2.89. The molecule has 1 aromatic heterocycles. The van der Waals surface area contributed by atoms with Crippen LogP contribution in [0.1, 0.15) is 44.7 Å². The predicted molar refractivity (Wildman–Crippen MR) is 143 cm³/mol. The van der Waals surface area contributed by atoms with Gasteiger partial charge in [-0.1, -0.05) is 48.5 Å². The number of anilines is 2. The molecule has 2 N–H and O–H groups in total. The van der Waals surface area contributed by atoms with Gasteiger partial charge < -0.3 is 15.3 Å². The molecule has 182 valence electrons. The first kappa shape index (κ1) is 23.5. The lowest BCUT2D eigenvalue weighted by atomic mass is 9.90. The van der Waals surface area contributed by atoms with Gasteiger partial charge in [0.1, 0.15) is 5.82 Å². The number of pyridine rings is 1. The van der Waals surface area contributed by atoms with Gasteiger partial charge in [-0.25, -0.2) is 9.78 Å². The maximum atomic E-state index is 12.7. The van der Waals surface area contributed by atoms with Crippen LogP contribution in [0.4, 0.5) is 11.5 Å². The largest absolute Gasteiger partial charge is 0.478 e. The molecule has 36 heavy (non-hydrogen) atoms. The Bertz CT molecular complexity index is 1410. The van der Waals surface area contributed by atoms with Crippen LogP contribution in [0.2, 0.25) is 0 Å². The van der Waals surface area contributed by atoms with Crippen LogP contribution in [0, 0.1) is 12.8 Å².